The molecule has 5 saturated carbocycles. The average Bonchev–Trinajstić information content (AvgIpc) is 3.89. The molecule has 1 aromatic carbocycles. The van der Waals surface area contributed by atoms with Gasteiger partial charge in [0, 0.05) is 18.9 Å². The highest BCUT2D eigenvalue weighted by molar-refractivity contribution is 5.84. The van der Waals surface area contributed by atoms with Gasteiger partial charge in [-0.25, -0.2) is 4.98 Å². The smallest absolute Gasteiger partial charge is 0.302 e. The van der Waals surface area contributed by atoms with Crippen molar-refractivity contribution in [2.24, 2.45) is 56.7 Å². The first-order valence-corrected chi connectivity index (χ1v) is 20.9. The van der Waals surface area contributed by atoms with Gasteiger partial charge < -0.3 is 19.4 Å². The largest absolute Gasteiger partial charge is 0.497 e. The molecular weight excluding hydrogens is 659 g/mol. The maximum Gasteiger partial charge on any atom is 0.302 e. The minimum Gasteiger partial charge on any atom is -0.497 e. The Morgan fingerprint density at radius 2 is 1.62 bits per heavy atom. The van der Waals surface area contributed by atoms with Crippen molar-refractivity contribution in [2.75, 3.05) is 13.7 Å². The van der Waals surface area contributed by atoms with Crippen LogP contribution in [-0.4, -0.2) is 46.5 Å². The van der Waals surface area contributed by atoms with Gasteiger partial charge in [0.2, 0.25) is 5.91 Å². The fourth-order valence-corrected chi connectivity index (χ4v) is 14.9. The van der Waals surface area contributed by atoms with Crippen LogP contribution in [0.4, 0.5) is 0 Å². The molecule has 11 atom stereocenters. The van der Waals surface area contributed by atoms with Gasteiger partial charge in [-0.15, -0.1) is 0 Å². The van der Waals surface area contributed by atoms with Gasteiger partial charge in [0.1, 0.15) is 17.7 Å². The number of carbonyl (C=O) groups is 2. The highest BCUT2D eigenvalue weighted by Gasteiger charge is 2.72. The number of hydrogen-bond acceptors (Lipinski definition) is 5. The molecule has 0 radical (unpaired) electrons. The lowest BCUT2D eigenvalue weighted by atomic mass is 9.32. The van der Waals surface area contributed by atoms with Crippen LogP contribution in [0.25, 0.3) is 11.3 Å². The molecule has 53 heavy (non-hydrogen) atoms. The maximum atomic E-state index is 15.5. The zero-order valence-corrected chi connectivity index (χ0v) is 33.9. The summed E-state index contributed by atoms with van der Waals surface area (Å²) in [4.78, 5) is 38.4. The van der Waals surface area contributed by atoms with Crippen LogP contribution in [0.3, 0.4) is 0 Å². The van der Waals surface area contributed by atoms with Crippen LogP contribution >= 0.6 is 0 Å². The molecule has 0 bridgehead atoms. The van der Waals surface area contributed by atoms with E-state index in [-0.39, 0.29) is 45.2 Å². The van der Waals surface area contributed by atoms with E-state index in [4.69, 9.17) is 14.5 Å². The Balaban J connectivity index is 1.09. The summed E-state index contributed by atoms with van der Waals surface area (Å²) in [6, 6.07) is 8.06. The number of nitrogens with zero attached hydrogens (tertiary/aromatic N) is 2. The summed E-state index contributed by atoms with van der Waals surface area (Å²) in [6.45, 7) is 21.9. The number of hydrogen-bond donors (Lipinski definition) is 1. The number of rotatable bonds is 6. The lowest BCUT2D eigenvalue weighted by Gasteiger charge is -2.73. The third kappa shape index (κ3) is 5.27. The standard InChI is InChI=1S/C46H65N3O4/c1-28(2)32-18-23-46(41(51)49-26-10-11-35(49)40-47-27-34(48-40)30-12-14-31(52-9)15-13-30)25-24-44(7)33(39(32)46)16-17-37-43(6)21-20-38(53-29(3)50)42(4,5)36(43)19-22-45(37,44)8/h12-15,27,32-33,35-39H,1,10-11,16-26H2,2-9H3,(H,47,48)/t32-,33+,35?,36?,37?,38-,39?,43-,44+,45+,46-/m0/s1. The number of aromatic nitrogens is 2. The van der Waals surface area contributed by atoms with Crippen molar-refractivity contribution in [1.29, 1.82) is 0 Å². The zero-order valence-electron chi connectivity index (χ0n) is 33.9. The molecule has 0 spiro atoms. The van der Waals surface area contributed by atoms with Crippen molar-refractivity contribution in [3.8, 4) is 17.0 Å². The summed E-state index contributed by atoms with van der Waals surface area (Å²) < 4.78 is 11.4. The van der Waals surface area contributed by atoms with Crippen molar-refractivity contribution in [1.82, 2.24) is 14.9 Å². The molecule has 1 amide bonds. The molecule has 4 unspecified atom stereocenters. The van der Waals surface area contributed by atoms with Gasteiger partial charge in [0.25, 0.3) is 0 Å². The lowest BCUT2D eigenvalue weighted by Crippen LogP contribution is -2.67. The molecular formula is C46H65N3O4. The second-order valence-corrected chi connectivity index (χ2v) is 19.9. The second kappa shape index (κ2) is 12.7. The molecule has 2 heterocycles. The molecule has 2 aromatic rings. The van der Waals surface area contributed by atoms with Gasteiger partial charge in [0.15, 0.2) is 0 Å². The van der Waals surface area contributed by atoms with E-state index in [1.165, 1.54) is 31.3 Å². The summed E-state index contributed by atoms with van der Waals surface area (Å²) in [5.74, 6) is 4.37. The number of imidazole rings is 1. The van der Waals surface area contributed by atoms with E-state index in [1.807, 2.05) is 18.3 Å². The predicted octanol–water partition coefficient (Wildman–Crippen LogP) is 10.3. The fraction of sp³-hybridized carbons (Fsp3) is 0.717. The number of nitrogens with one attached hydrogen (secondary N) is 1. The first-order valence-electron chi connectivity index (χ1n) is 20.9. The number of ether oxygens (including phenoxy) is 2. The van der Waals surface area contributed by atoms with E-state index in [0.717, 1.165) is 80.7 Å². The number of esters is 1. The number of fused-ring (bicyclic) bond motifs is 7. The first-order chi connectivity index (χ1) is 25.1. The molecule has 7 heteroatoms. The molecule has 288 valence electrons. The summed E-state index contributed by atoms with van der Waals surface area (Å²) in [5.41, 5.74) is 3.51. The van der Waals surface area contributed by atoms with Crippen molar-refractivity contribution >= 4 is 11.9 Å². The van der Waals surface area contributed by atoms with Crippen LogP contribution in [0.15, 0.2) is 42.6 Å². The Hall–Kier alpha value is -3.09. The van der Waals surface area contributed by atoms with Crippen LogP contribution in [0.1, 0.15) is 137 Å². The lowest BCUT2D eigenvalue weighted by molar-refractivity contribution is -0.249. The third-order valence-corrected chi connectivity index (χ3v) is 17.6. The van der Waals surface area contributed by atoms with Gasteiger partial charge >= 0.3 is 5.97 Å². The van der Waals surface area contributed by atoms with Crippen molar-refractivity contribution in [3.63, 3.8) is 0 Å². The SMILES string of the molecule is C=C(C)[C@@H]1CC[C@]2(C(=O)N3CCCC3c3ncc(-c4ccc(OC)cc4)[nH]3)CC[C@]3(C)[C@H](CCC4[C@@]5(C)CC[C@H](OC(C)=O)C(C)(C)C5CC[C@]43C)C12. The number of amides is 1. The Bertz CT molecular complexity index is 1760. The van der Waals surface area contributed by atoms with E-state index in [2.05, 4.69) is 70.1 Å². The van der Waals surface area contributed by atoms with E-state index in [0.29, 0.717) is 35.5 Å². The second-order valence-electron chi connectivity index (χ2n) is 19.9. The molecule has 6 aliphatic rings. The fourth-order valence-electron chi connectivity index (χ4n) is 14.9. The summed E-state index contributed by atoms with van der Waals surface area (Å²) in [6.07, 6.45) is 14.9. The molecule has 7 nitrogen and oxygen atoms in total. The topological polar surface area (TPSA) is 84.5 Å². The zero-order chi connectivity index (χ0) is 37.7. The Morgan fingerprint density at radius 3 is 2.32 bits per heavy atom. The van der Waals surface area contributed by atoms with Crippen LogP contribution in [0, 0.1) is 56.7 Å². The number of benzene rings is 1. The van der Waals surface area contributed by atoms with E-state index < -0.39 is 0 Å². The van der Waals surface area contributed by atoms with Crippen molar-refractivity contribution in [3.05, 3.63) is 48.4 Å². The molecule has 1 aromatic heterocycles. The van der Waals surface area contributed by atoms with Gasteiger partial charge in [-0.1, -0.05) is 46.8 Å². The summed E-state index contributed by atoms with van der Waals surface area (Å²) >= 11 is 0. The molecule has 6 fully saturated rings. The molecule has 1 N–H and O–H groups in total. The van der Waals surface area contributed by atoms with Gasteiger partial charge in [-0.2, -0.15) is 0 Å². The normalized spacial score (nSPS) is 41.4. The van der Waals surface area contributed by atoms with Crippen LogP contribution in [0.5, 0.6) is 5.75 Å². The average molecular weight is 724 g/mol. The Morgan fingerprint density at radius 1 is 0.868 bits per heavy atom. The Labute approximate surface area is 318 Å². The number of methoxy groups -OCH3 is 1. The van der Waals surface area contributed by atoms with Crippen LogP contribution in [0.2, 0.25) is 0 Å². The molecule has 5 aliphatic carbocycles. The summed E-state index contributed by atoms with van der Waals surface area (Å²) in [5, 5.41) is 0. The molecule has 1 saturated heterocycles. The highest BCUT2D eigenvalue weighted by atomic mass is 16.5. The molecule has 1 aliphatic heterocycles. The monoisotopic (exact) mass is 723 g/mol. The number of likely N-dealkylation sites (tertiary alicyclic amines) is 1. The van der Waals surface area contributed by atoms with E-state index >= 15 is 4.79 Å². The van der Waals surface area contributed by atoms with Crippen LogP contribution in [-0.2, 0) is 14.3 Å². The minimum absolute atomic E-state index is 0.00453. The third-order valence-electron chi connectivity index (χ3n) is 17.6. The van der Waals surface area contributed by atoms with E-state index in [1.54, 1.807) is 14.0 Å². The number of aromatic amines is 1. The number of carbonyl (C=O) groups excluding carboxylic acids is 2. The van der Waals surface area contributed by atoms with Gasteiger partial charge in [-0.05, 0) is 160 Å². The van der Waals surface area contributed by atoms with Gasteiger partial charge in [0.05, 0.1) is 30.5 Å². The first kappa shape index (κ1) is 36.9. The number of H-pyrrole nitrogens is 1. The van der Waals surface area contributed by atoms with E-state index in [9.17, 15) is 4.79 Å². The molecule has 8 rings (SSSR count). The maximum absolute atomic E-state index is 15.5. The highest BCUT2D eigenvalue weighted by Crippen LogP contribution is 2.78. The predicted molar refractivity (Wildman–Crippen MR) is 209 cm³/mol. The van der Waals surface area contributed by atoms with Crippen molar-refractivity contribution in [2.45, 2.75) is 138 Å². The van der Waals surface area contributed by atoms with Gasteiger partial charge in [-0.3, -0.25) is 9.59 Å². The van der Waals surface area contributed by atoms with Crippen molar-refractivity contribution < 1.29 is 19.1 Å². The van der Waals surface area contributed by atoms with Crippen LogP contribution < -0.4 is 4.74 Å². The Kier molecular flexibility index (Phi) is 8.85. The minimum atomic E-state index is -0.337. The summed E-state index contributed by atoms with van der Waals surface area (Å²) in [7, 11) is 1.69. The number of allylic oxidation sites excluding steroid dienone is 1. The quantitative estimate of drug-likeness (QED) is 0.237.